The summed E-state index contributed by atoms with van der Waals surface area (Å²) in [6.07, 6.45) is 2.42. The first-order valence-electron chi connectivity index (χ1n) is 3.80. The number of hydrogen-bond donors (Lipinski definition) is 1. The zero-order chi connectivity index (χ0) is 7.40. The first-order chi connectivity index (χ1) is 4.79. The molecule has 3 nitrogen and oxygen atoms in total. The van der Waals surface area contributed by atoms with Crippen LogP contribution in [0.15, 0.2) is 0 Å². The second kappa shape index (κ2) is 3.91. The van der Waals surface area contributed by atoms with E-state index in [1.807, 2.05) is 19.1 Å². The fourth-order valence-corrected chi connectivity index (χ4v) is 1.21. The SMILES string of the molecule is CN(C)NC1CCCOC1. The van der Waals surface area contributed by atoms with Crippen LogP contribution in [-0.4, -0.2) is 38.4 Å². The molecule has 1 atom stereocenters. The van der Waals surface area contributed by atoms with Gasteiger partial charge in [-0.3, -0.25) is 10.4 Å². The summed E-state index contributed by atoms with van der Waals surface area (Å²) in [5.74, 6) is 0. The Bertz CT molecular complexity index is 89.6. The topological polar surface area (TPSA) is 24.5 Å². The highest BCUT2D eigenvalue weighted by Crippen LogP contribution is 2.05. The maximum absolute atomic E-state index is 5.29. The first kappa shape index (κ1) is 7.98. The standard InChI is InChI=1S/C7H16N2O/c1-9(2)8-7-4-3-5-10-6-7/h7-8H,3-6H2,1-2H3. The molecule has 0 aromatic heterocycles. The lowest BCUT2D eigenvalue weighted by molar-refractivity contribution is 0.0469. The minimum absolute atomic E-state index is 0.531. The van der Waals surface area contributed by atoms with Gasteiger partial charge in [-0.15, -0.1) is 0 Å². The smallest absolute Gasteiger partial charge is 0.0633 e. The van der Waals surface area contributed by atoms with Crippen molar-refractivity contribution in [3.05, 3.63) is 0 Å². The number of hydrogen-bond acceptors (Lipinski definition) is 3. The van der Waals surface area contributed by atoms with E-state index in [1.165, 1.54) is 12.8 Å². The third-order valence-corrected chi connectivity index (χ3v) is 1.60. The summed E-state index contributed by atoms with van der Waals surface area (Å²) in [4.78, 5) is 0. The first-order valence-corrected chi connectivity index (χ1v) is 3.80. The van der Waals surface area contributed by atoms with Gasteiger partial charge in [0.15, 0.2) is 0 Å². The van der Waals surface area contributed by atoms with Crippen molar-refractivity contribution in [1.29, 1.82) is 0 Å². The molecule has 1 aliphatic rings. The summed E-state index contributed by atoms with van der Waals surface area (Å²) < 4.78 is 5.29. The largest absolute Gasteiger partial charge is 0.380 e. The van der Waals surface area contributed by atoms with Gasteiger partial charge >= 0.3 is 0 Å². The average molecular weight is 144 g/mol. The Morgan fingerprint density at radius 1 is 1.50 bits per heavy atom. The van der Waals surface area contributed by atoms with Crippen molar-refractivity contribution in [2.75, 3.05) is 27.3 Å². The molecule has 0 aromatic carbocycles. The van der Waals surface area contributed by atoms with Crippen LogP contribution < -0.4 is 5.43 Å². The molecule has 0 aliphatic carbocycles. The summed E-state index contributed by atoms with van der Waals surface area (Å²) in [7, 11) is 4.02. The van der Waals surface area contributed by atoms with E-state index >= 15 is 0 Å². The molecule has 1 unspecified atom stereocenters. The van der Waals surface area contributed by atoms with Crippen LogP contribution in [0, 0.1) is 0 Å². The second-order valence-corrected chi connectivity index (χ2v) is 2.94. The van der Waals surface area contributed by atoms with Gasteiger partial charge in [-0.25, -0.2) is 0 Å². The van der Waals surface area contributed by atoms with Crippen molar-refractivity contribution in [3.8, 4) is 0 Å². The van der Waals surface area contributed by atoms with E-state index in [1.54, 1.807) is 0 Å². The van der Waals surface area contributed by atoms with Crippen molar-refractivity contribution >= 4 is 0 Å². The molecule has 0 bridgehead atoms. The van der Waals surface area contributed by atoms with Crippen LogP contribution in [-0.2, 0) is 4.74 Å². The van der Waals surface area contributed by atoms with Gasteiger partial charge in [0.2, 0.25) is 0 Å². The molecule has 1 fully saturated rings. The Labute approximate surface area is 62.3 Å². The molecular formula is C7H16N2O. The molecule has 0 amide bonds. The van der Waals surface area contributed by atoms with Gasteiger partial charge in [-0.1, -0.05) is 0 Å². The normalized spacial score (nSPS) is 27.3. The van der Waals surface area contributed by atoms with E-state index in [4.69, 9.17) is 4.74 Å². The minimum Gasteiger partial charge on any atom is -0.380 e. The van der Waals surface area contributed by atoms with Crippen LogP contribution in [0.2, 0.25) is 0 Å². The molecule has 0 radical (unpaired) electrons. The monoisotopic (exact) mass is 144 g/mol. The van der Waals surface area contributed by atoms with E-state index in [2.05, 4.69) is 5.43 Å². The molecule has 1 heterocycles. The Balaban J connectivity index is 2.13. The lowest BCUT2D eigenvalue weighted by Crippen LogP contribution is -2.44. The number of nitrogens with one attached hydrogen (secondary N) is 1. The van der Waals surface area contributed by atoms with Crippen LogP contribution in [0.3, 0.4) is 0 Å². The van der Waals surface area contributed by atoms with E-state index in [9.17, 15) is 0 Å². The second-order valence-electron chi connectivity index (χ2n) is 2.94. The molecule has 3 heteroatoms. The number of rotatable bonds is 2. The minimum atomic E-state index is 0.531. The van der Waals surface area contributed by atoms with Gasteiger partial charge in [0, 0.05) is 26.7 Å². The van der Waals surface area contributed by atoms with Gasteiger partial charge in [0.25, 0.3) is 0 Å². The Morgan fingerprint density at radius 2 is 2.30 bits per heavy atom. The lowest BCUT2D eigenvalue weighted by atomic mass is 10.1. The Kier molecular flexibility index (Phi) is 3.12. The molecule has 1 rings (SSSR count). The van der Waals surface area contributed by atoms with Gasteiger partial charge in [-0.05, 0) is 12.8 Å². The quantitative estimate of drug-likeness (QED) is 0.561. The molecule has 1 aliphatic heterocycles. The fourth-order valence-electron chi connectivity index (χ4n) is 1.21. The van der Waals surface area contributed by atoms with Crippen molar-refractivity contribution in [1.82, 2.24) is 10.4 Å². The van der Waals surface area contributed by atoms with E-state index < -0.39 is 0 Å². The summed E-state index contributed by atoms with van der Waals surface area (Å²) in [5, 5.41) is 1.99. The predicted octanol–water partition coefficient (Wildman–Crippen LogP) is 0.232. The molecular weight excluding hydrogens is 128 g/mol. The molecule has 1 saturated heterocycles. The van der Waals surface area contributed by atoms with Crippen LogP contribution in [0.25, 0.3) is 0 Å². The highest BCUT2D eigenvalue weighted by Gasteiger charge is 2.12. The van der Waals surface area contributed by atoms with Gasteiger partial charge < -0.3 is 4.74 Å². The number of hydrazine groups is 1. The molecule has 1 N–H and O–H groups in total. The molecule has 10 heavy (non-hydrogen) atoms. The van der Waals surface area contributed by atoms with E-state index in [-0.39, 0.29) is 0 Å². The third-order valence-electron chi connectivity index (χ3n) is 1.60. The summed E-state index contributed by atoms with van der Waals surface area (Å²) in [6.45, 7) is 1.80. The van der Waals surface area contributed by atoms with Crippen LogP contribution in [0.5, 0.6) is 0 Å². The van der Waals surface area contributed by atoms with E-state index in [0.717, 1.165) is 13.2 Å². The molecule has 0 spiro atoms. The Morgan fingerprint density at radius 3 is 2.80 bits per heavy atom. The zero-order valence-corrected chi connectivity index (χ0v) is 6.76. The summed E-state index contributed by atoms with van der Waals surface area (Å²) in [6, 6.07) is 0.531. The average Bonchev–Trinajstić information content (AvgIpc) is 1.88. The molecule has 0 aromatic rings. The van der Waals surface area contributed by atoms with Crippen molar-refractivity contribution in [3.63, 3.8) is 0 Å². The van der Waals surface area contributed by atoms with E-state index in [0.29, 0.717) is 6.04 Å². The maximum atomic E-state index is 5.29. The number of nitrogens with zero attached hydrogens (tertiary/aromatic N) is 1. The number of ether oxygens (including phenoxy) is 1. The molecule has 0 saturated carbocycles. The zero-order valence-electron chi connectivity index (χ0n) is 6.76. The summed E-state index contributed by atoms with van der Waals surface area (Å²) >= 11 is 0. The third kappa shape index (κ3) is 2.64. The van der Waals surface area contributed by atoms with Gasteiger partial charge in [0.05, 0.1) is 6.61 Å². The maximum Gasteiger partial charge on any atom is 0.0633 e. The van der Waals surface area contributed by atoms with Crippen LogP contribution in [0.1, 0.15) is 12.8 Å². The highest BCUT2D eigenvalue weighted by atomic mass is 16.5. The Hall–Kier alpha value is -0.120. The van der Waals surface area contributed by atoms with Crippen LogP contribution in [0.4, 0.5) is 0 Å². The van der Waals surface area contributed by atoms with Crippen molar-refractivity contribution in [2.45, 2.75) is 18.9 Å². The van der Waals surface area contributed by atoms with Crippen LogP contribution >= 0.6 is 0 Å². The highest BCUT2D eigenvalue weighted by molar-refractivity contribution is 4.66. The predicted molar refractivity (Wildman–Crippen MR) is 40.7 cm³/mol. The van der Waals surface area contributed by atoms with Gasteiger partial charge in [0.1, 0.15) is 0 Å². The fraction of sp³-hybridized carbons (Fsp3) is 1.00. The lowest BCUT2D eigenvalue weighted by Gasteiger charge is -2.26. The molecule has 60 valence electrons. The summed E-state index contributed by atoms with van der Waals surface area (Å²) in [5.41, 5.74) is 3.29. The van der Waals surface area contributed by atoms with Crippen molar-refractivity contribution in [2.24, 2.45) is 0 Å². The van der Waals surface area contributed by atoms with Crippen molar-refractivity contribution < 1.29 is 4.74 Å². The van der Waals surface area contributed by atoms with Gasteiger partial charge in [-0.2, -0.15) is 0 Å².